The van der Waals surface area contributed by atoms with Gasteiger partial charge in [0.2, 0.25) is 0 Å². The first-order chi connectivity index (χ1) is 9.04. The average Bonchev–Trinajstić information content (AvgIpc) is 2.04. The van der Waals surface area contributed by atoms with Gasteiger partial charge in [-0.15, -0.1) is 0 Å². The van der Waals surface area contributed by atoms with Crippen molar-refractivity contribution in [2.45, 2.75) is 41.0 Å². The van der Waals surface area contributed by atoms with Crippen molar-refractivity contribution in [2.24, 2.45) is 10.8 Å². The second-order valence-corrected chi connectivity index (χ2v) is 11.8. The van der Waals surface area contributed by atoms with Gasteiger partial charge >= 0.3 is 23.5 Å². The molecule has 21 heavy (non-hydrogen) atoms. The molecule has 1 rings (SSSR count). The molecule has 1 heterocycles. The van der Waals surface area contributed by atoms with E-state index >= 15 is 0 Å². The molecule has 0 spiro atoms. The van der Waals surface area contributed by atoms with Gasteiger partial charge in [-0.1, -0.05) is 34.6 Å². The Hall–Kier alpha value is 0.450. The first-order valence-corrected chi connectivity index (χ1v) is 10.5. The normalized spacial score (nSPS) is 38.4. The van der Waals surface area contributed by atoms with Crippen molar-refractivity contribution < 1.29 is 40.9 Å². The van der Waals surface area contributed by atoms with E-state index in [-0.39, 0.29) is 12.0 Å². The SMILES string of the molecule is CC(C)(C)CC(C)(C)COP1(=O)OP(=O)(O)OP(=O)(O)O1. The molecule has 0 aromatic heterocycles. The summed E-state index contributed by atoms with van der Waals surface area (Å²) in [5, 5.41) is 0. The van der Waals surface area contributed by atoms with E-state index in [9.17, 15) is 13.7 Å². The van der Waals surface area contributed by atoms with E-state index < -0.39 is 28.9 Å². The van der Waals surface area contributed by atoms with Crippen molar-refractivity contribution in [3.8, 4) is 0 Å². The maximum absolute atomic E-state index is 12.1. The third-order valence-corrected chi connectivity index (χ3v) is 7.58. The van der Waals surface area contributed by atoms with Gasteiger partial charge < -0.3 is 9.79 Å². The number of hydrogen-bond donors (Lipinski definition) is 2. The average molecular weight is 366 g/mol. The molecule has 2 N–H and O–H groups in total. The minimum atomic E-state index is -4.98. The molecule has 0 radical (unpaired) electrons. The Morgan fingerprint density at radius 2 is 1.33 bits per heavy atom. The Bertz CT molecular complexity index is 507. The molecule has 1 aliphatic rings. The van der Waals surface area contributed by atoms with Crippen molar-refractivity contribution in [1.82, 2.24) is 0 Å². The smallest absolute Gasteiger partial charge is 0.302 e. The number of hydrogen-bond acceptors (Lipinski definition) is 7. The summed E-state index contributed by atoms with van der Waals surface area (Å²) < 4.78 is 51.7. The molecule has 2 atom stereocenters. The lowest BCUT2D eigenvalue weighted by atomic mass is 9.77. The van der Waals surface area contributed by atoms with Gasteiger partial charge in [0.05, 0.1) is 6.61 Å². The fourth-order valence-corrected chi connectivity index (χ4v) is 7.33. The van der Waals surface area contributed by atoms with Gasteiger partial charge in [0.15, 0.2) is 0 Å². The minimum absolute atomic E-state index is 0.0444. The fourth-order valence-electron chi connectivity index (χ4n) is 2.22. The standard InChI is InChI=1S/C9H21O9P3/c1-8(2,3)6-9(4,5)7-15-21(14)17-19(10,11)16-20(12,13)18-21/h6-7H2,1-5H3,(H,10,11)(H,12,13). The molecule has 0 aliphatic carbocycles. The monoisotopic (exact) mass is 366 g/mol. The molecule has 1 fully saturated rings. The van der Waals surface area contributed by atoms with E-state index in [1.54, 1.807) is 0 Å². The second-order valence-electron chi connectivity index (χ2n) is 6.80. The molecule has 12 heteroatoms. The maximum Gasteiger partial charge on any atom is 0.492 e. The maximum atomic E-state index is 12.1. The van der Waals surface area contributed by atoms with Gasteiger partial charge in [0, 0.05) is 0 Å². The van der Waals surface area contributed by atoms with Crippen LogP contribution in [-0.4, -0.2) is 16.4 Å². The third-order valence-electron chi connectivity index (χ3n) is 2.24. The summed E-state index contributed by atoms with van der Waals surface area (Å²) in [5.74, 6) is 0. The Kier molecular flexibility index (Phi) is 5.41. The molecule has 0 aromatic rings. The summed E-state index contributed by atoms with van der Waals surface area (Å²) in [4.78, 5) is 18.2. The highest BCUT2D eigenvalue weighted by molar-refractivity contribution is 7.74. The molecule has 2 unspecified atom stereocenters. The highest BCUT2D eigenvalue weighted by Crippen LogP contribution is 2.80. The lowest BCUT2D eigenvalue weighted by molar-refractivity contribution is 0.0817. The van der Waals surface area contributed by atoms with Gasteiger partial charge in [-0.05, 0) is 17.3 Å². The number of rotatable bonds is 4. The van der Waals surface area contributed by atoms with Gasteiger partial charge in [0.25, 0.3) is 0 Å². The molecular weight excluding hydrogens is 345 g/mol. The van der Waals surface area contributed by atoms with Crippen LogP contribution >= 0.6 is 23.5 Å². The zero-order chi connectivity index (χ0) is 16.7. The summed E-state index contributed by atoms with van der Waals surface area (Å²) >= 11 is 0. The lowest BCUT2D eigenvalue weighted by Gasteiger charge is -2.34. The van der Waals surface area contributed by atoms with E-state index in [0.29, 0.717) is 6.42 Å². The molecule has 0 aromatic carbocycles. The second kappa shape index (κ2) is 5.82. The van der Waals surface area contributed by atoms with Crippen molar-refractivity contribution in [3.63, 3.8) is 0 Å². The first-order valence-electron chi connectivity index (χ1n) is 6.08. The summed E-state index contributed by atoms with van der Waals surface area (Å²) in [6.07, 6.45) is 0.671. The molecular formula is C9H21O9P3. The van der Waals surface area contributed by atoms with Crippen LogP contribution in [0.15, 0.2) is 0 Å². The zero-order valence-electron chi connectivity index (χ0n) is 12.5. The lowest BCUT2D eigenvalue weighted by Crippen LogP contribution is -2.25. The van der Waals surface area contributed by atoms with Crippen LogP contribution < -0.4 is 0 Å². The summed E-state index contributed by atoms with van der Waals surface area (Å²) in [6.45, 7) is 9.48. The van der Waals surface area contributed by atoms with E-state index in [2.05, 4.69) is 12.9 Å². The Morgan fingerprint density at radius 1 is 0.905 bits per heavy atom. The molecule has 126 valence electrons. The Morgan fingerprint density at radius 3 is 1.71 bits per heavy atom. The highest BCUT2D eigenvalue weighted by atomic mass is 31.3. The number of phosphoric acid groups is 3. The summed E-state index contributed by atoms with van der Waals surface area (Å²) in [7, 11) is -14.6. The zero-order valence-corrected chi connectivity index (χ0v) is 15.2. The topological polar surface area (TPSA) is 129 Å². The molecule has 0 amide bonds. The van der Waals surface area contributed by atoms with Crippen LogP contribution in [0.5, 0.6) is 0 Å². The summed E-state index contributed by atoms with van der Waals surface area (Å²) in [5.41, 5.74) is -0.517. The molecule has 1 saturated heterocycles. The van der Waals surface area contributed by atoms with Crippen LogP contribution in [0.1, 0.15) is 41.0 Å². The van der Waals surface area contributed by atoms with Crippen molar-refractivity contribution in [1.29, 1.82) is 0 Å². The molecule has 0 saturated carbocycles. The van der Waals surface area contributed by atoms with Gasteiger partial charge in [0.1, 0.15) is 0 Å². The predicted molar refractivity (Wildman–Crippen MR) is 74.3 cm³/mol. The van der Waals surface area contributed by atoms with Crippen LogP contribution in [0.2, 0.25) is 0 Å². The van der Waals surface area contributed by atoms with Gasteiger partial charge in [-0.25, -0.2) is 13.7 Å². The highest BCUT2D eigenvalue weighted by Gasteiger charge is 2.54. The predicted octanol–water partition coefficient (Wildman–Crippen LogP) is 3.84. The first kappa shape index (κ1) is 19.5. The van der Waals surface area contributed by atoms with Crippen LogP contribution in [0.3, 0.4) is 0 Å². The van der Waals surface area contributed by atoms with E-state index in [1.165, 1.54) is 0 Å². The van der Waals surface area contributed by atoms with Crippen LogP contribution in [0, 0.1) is 10.8 Å². The molecule has 9 nitrogen and oxygen atoms in total. The quantitative estimate of drug-likeness (QED) is 0.713. The van der Waals surface area contributed by atoms with Crippen molar-refractivity contribution in [2.75, 3.05) is 6.61 Å². The van der Waals surface area contributed by atoms with Crippen LogP contribution in [0.4, 0.5) is 0 Å². The third kappa shape index (κ3) is 7.04. The largest absolute Gasteiger partial charge is 0.492 e. The fraction of sp³-hybridized carbons (Fsp3) is 1.00. The van der Waals surface area contributed by atoms with E-state index in [0.717, 1.165) is 0 Å². The summed E-state index contributed by atoms with van der Waals surface area (Å²) in [6, 6.07) is 0. The van der Waals surface area contributed by atoms with Crippen LogP contribution in [-0.2, 0) is 31.2 Å². The van der Waals surface area contributed by atoms with E-state index in [1.807, 2.05) is 34.6 Å². The van der Waals surface area contributed by atoms with Crippen molar-refractivity contribution in [3.05, 3.63) is 0 Å². The Labute approximate surface area is 123 Å². The minimum Gasteiger partial charge on any atom is -0.302 e. The van der Waals surface area contributed by atoms with Crippen molar-refractivity contribution >= 4 is 23.5 Å². The van der Waals surface area contributed by atoms with Gasteiger partial charge in [-0.2, -0.15) is 12.9 Å². The Balaban J connectivity index is 2.80. The van der Waals surface area contributed by atoms with E-state index in [4.69, 9.17) is 14.3 Å². The van der Waals surface area contributed by atoms with Crippen LogP contribution in [0.25, 0.3) is 0 Å². The molecule has 0 bridgehead atoms. The van der Waals surface area contributed by atoms with Gasteiger partial charge in [-0.3, -0.25) is 4.52 Å². The molecule has 1 aliphatic heterocycles.